The van der Waals surface area contributed by atoms with Gasteiger partial charge in [0.05, 0.1) is 16.5 Å². The van der Waals surface area contributed by atoms with Gasteiger partial charge in [0.1, 0.15) is 0 Å². The largest absolute Gasteiger partial charge is 0.392 e. The molecule has 15 heavy (non-hydrogen) atoms. The van der Waals surface area contributed by atoms with Crippen LogP contribution in [0.2, 0.25) is 4.34 Å². The van der Waals surface area contributed by atoms with Crippen LogP contribution < -0.4 is 0 Å². The first-order valence-electron chi connectivity index (χ1n) is 5.20. The molecule has 1 aromatic heterocycles. The summed E-state index contributed by atoms with van der Waals surface area (Å²) in [6.07, 6.45) is 1.52. The summed E-state index contributed by atoms with van der Waals surface area (Å²) in [6, 6.07) is 3.86. The van der Waals surface area contributed by atoms with Crippen molar-refractivity contribution in [2.24, 2.45) is 5.92 Å². The van der Waals surface area contributed by atoms with E-state index in [0.717, 1.165) is 22.2 Å². The fourth-order valence-corrected chi connectivity index (χ4v) is 3.21. The van der Waals surface area contributed by atoms with E-state index in [4.69, 9.17) is 16.3 Å². The molecule has 0 spiro atoms. The lowest BCUT2D eigenvalue weighted by atomic mass is 9.93. The average molecular weight is 247 g/mol. The van der Waals surface area contributed by atoms with Crippen molar-refractivity contribution < 1.29 is 9.84 Å². The molecule has 4 heteroatoms. The van der Waals surface area contributed by atoms with Crippen molar-refractivity contribution in [2.75, 3.05) is 6.61 Å². The summed E-state index contributed by atoms with van der Waals surface area (Å²) in [5, 5.41) is 10.1. The quantitative estimate of drug-likeness (QED) is 0.889. The Hall–Kier alpha value is -0.0900. The second-order valence-corrected chi connectivity index (χ2v) is 5.81. The topological polar surface area (TPSA) is 29.5 Å². The summed E-state index contributed by atoms with van der Waals surface area (Å²) in [4.78, 5) is 1.15. The number of aliphatic hydroxyl groups excluding tert-OH is 1. The Morgan fingerprint density at radius 3 is 3.00 bits per heavy atom. The predicted molar refractivity (Wildman–Crippen MR) is 62.6 cm³/mol. The van der Waals surface area contributed by atoms with E-state index in [1.165, 1.54) is 0 Å². The van der Waals surface area contributed by atoms with Gasteiger partial charge >= 0.3 is 0 Å². The summed E-state index contributed by atoms with van der Waals surface area (Å²) in [5.74, 6) is 0.269. The normalized spacial score (nSPS) is 28.2. The molecule has 2 heterocycles. The van der Waals surface area contributed by atoms with Crippen molar-refractivity contribution in [3.63, 3.8) is 0 Å². The van der Waals surface area contributed by atoms with Gasteiger partial charge in [-0.15, -0.1) is 11.3 Å². The van der Waals surface area contributed by atoms with Gasteiger partial charge in [0.15, 0.2) is 0 Å². The third-order valence-corrected chi connectivity index (χ3v) is 4.22. The highest BCUT2D eigenvalue weighted by molar-refractivity contribution is 7.16. The molecule has 0 aromatic carbocycles. The molecule has 1 fully saturated rings. The van der Waals surface area contributed by atoms with Crippen LogP contribution in [0.3, 0.4) is 0 Å². The van der Waals surface area contributed by atoms with Crippen LogP contribution in [-0.2, 0) is 11.2 Å². The Morgan fingerprint density at radius 2 is 2.47 bits per heavy atom. The number of thiophene rings is 1. The first kappa shape index (κ1) is 11.4. The van der Waals surface area contributed by atoms with Crippen LogP contribution in [0.4, 0.5) is 0 Å². The van der Waals surface area contributed by atoms with Gasteiger partial charge in [-0.1, -0.05) is 11.6 Å². The van der Waals surface area contributed by atoms with Crippen molar-refractivity contribution in [3.05, 3.63) is 21.3 Å². The number of hydrogen-bond donors (Lipinski definition) is 1. The van der Waals surface area contributed by atoms with Crippen molar-refractivity contribution in [2.45, 2.75) is 32.0 Å². The van der Waals surface area contributed by atoms with Crippen LogP contribution in [0.15, 0.2) is 12.1 Å². The number of rotatable bonds is 3. The molecular weight excluding hydrogens is 232 g/mol. The molecule has 0 amide bonds. The minimum absolute atomic E-state index is 0.176. The molecule has 0 saturated carbocycles. The van der Waals surface area contributed by atoms with Gasteiger partial charge in [0.25, 0.3) is 0 Å². The van der Waals surface area contributed by atoms with Gasteiger partial charge in [0.2, 0.25) is 0 Å². The Kier molecular flexibility index (Phi) is 3.67. The maximum absolute atomic E-state index is 10.1. The smallest absolute Gasteiger partial charge is 0.0931 e. The van der Waals surface area contributed by atoms with E-state index in [0.29, 0.717) is 6.42 Å². The number of halogens is 1. The monoisotopic (exact) mass is 246 g/mol. The lowest BCUT2D eigenvalue weighted by Crippen LogP contribution is -2.27. The van der Waals surface area contributed by atoms with Crippen molar-refractivity contribution in [1.82, 2.24) is 0 Å². The van der Waals surface area contributed by atoms with Crippen LogP contribution in [0, 0.1) is 5.92 Å². The minimum atomic E-state index is -0.308. The Morgan fingerprint density at radius 1 is 1.67 bits per heavy atom. The lowest BCUT2D eigenvalue weighted by Gasteiger charge is -2.20. The van der Waals surface area contributed by atoms with Gasteiger partial charge in [-0.25, -0.2) is 0 Å². The van der Waals surface area contributed by atoms with E-state index in [1.807, 2.05) is 19.1 Å². The molecular formula is C11H15ClO2S. The van der Waals surface area contributed by atoms with Gasteiger partial charge in [-0.2, -0.15) is 0 Å². The zero-order valence-corrected chi connectivity index (χ0v) is 10.2. The Bertz CT molecular complexity index is 326. The molecule has 1 saturated heterocycles. The number of ether oxygens (including phenoxy) is 1. The highest BCUT2D eigenvalue weighted by Gasteiger charge is 2.30. The fraction of sp³-hybridized carbons (Fsp3) is 0.636. The second-order valence-electron chi connectivity index (χ2n) is 4.01. The maximum atomic E-state index is 10.1. The van der Waals surface area contributed by atoms with E-state index in [1.54, 1.807) is 11.3 Å². The summed E-state index contributed by atoms with van der Waals surface area (Å²) in [5.41, 5.74) is 0. The molecule has 1 aliphatic rings. The predicted octanol–water partition coefficient (Wildman–Crippen LogP) is 2.73. The first-order valence-corrected chi connectivity index (χ1v) is 6.40. The fourth-order valence-electron chi connectivity index (χ4n) is 2.07. The molecule has 0 radical (unpaired) electrons. The van der Waals surface area contributed by atoms with Crippen LogP contribution in [0.5, 0.6) is 0 Å². The molecule has 1 N–H and O–H groups in total. The van der Waals surface area contributed by atoms with Crippen LogP contribution in [0.1, 0.15) is 18.2 Å². The lowest BCUT2D eigenvalue weighted by molar-refractivity contribution is 0.0444. The molecule has 3 atom stereocenters. The van der Waals surface area contributed by atoms with Crippen LogP contribution >= 0.6 is 22.9 Å². The first-order chi connectivity index (χ1) is 7.16. The molecule has 3 unspecified atom stereocenters. The average Bonchev–Trinajstić information content (AvgIpc) is 2.75. The van der Waals surface area contributed by atoms with Gasteiger partial charge in [-0.3, -0.25) is 0 Å². The maximum Gasteiger partial charge on any atom is 0.0931 e. The second kappa shape index (κ2) is 4.83. The van der Waals surface area contributed by atoms with E-state index in [-0.39, 0.29) is 18.1 Å². The number of aliphatic hydroxyl groups is 1. The molecule has 84 valence electrons. The zero-order chi connectivity index (χ0) is 10.8. The molecule has 0 aliphatic carbocycles. The summed E-state index contributed by atoms with van der Waals surface area (Å²) >= 11 is 7.39. The number of hydrogen-bond acceptors (Lipinski definition) is 3. The highest BCUT2D eigenvalue weighted by Crippen LogP contribution is 2.28. The van der Waals surface area contributed by atoms with E-state index in [2.05, 4.69) is 0 Å². The standard InChI is InChI=1S/C11H15ClO2S/c1-7-9(4-5-14-7)10(13)6-8-2-3-11(12)15-8/h2-3,7,9-10,13H,4-6H2,1H3. The van der Waals surface area contributed by atoms with E-state index >= 15 is 0 Å². The molecule has 2 rings (SSSR count). The molecule has 1 aromatic rings. The zero-order valence-electron chi connectivity index (χ0n) is 8.65. The van der Waals surface area contributed by atoms with E-state index in [9.17, 15) is 5.11 Å². The summed E-state index contributed by atoms with van der Waals surface area (Å²) < 4.78 is 6.23. The third kappa shape index (κ3) is 2.72. The summed E-state index contributed by atoms with van der Waals surface area (Å²) in [7, 11) is 0. The van der Waals surface area contributed by atoms with Crippen molar-refractivity contribution in [3.8, 4) is 0 Å². The third-order valence-electron chi connectivity index (χ3n) is 2.97. The van der Waals surface area contributed by atoms with Crippen LogP contribution in [-0.4, -0.2) is 23.9 Å². The van der Waals surface area contributed by atoms with Gasteiger partial charge in [-0.05, 0) is 25.5 Å². The highest BCUT2D eigenvalue weighted by atomic mass is 35.5. The van der Waals surface area contributed by atoms with Crippen molar-refractivity contribution >= 4 is 22.9 Å². The Balaban J connectivity index is 1.94. The molecule has 2 nitrogen and oxygen atoms in total. The van der Waals surface area contributed by atoms with Gasteiger partial charge < -0.3 is 9.84 Å². The molecule has 0 bridgehead atoms. The SMILES string of the molecule is CC1OCCC1C(O)Cc1ccc(Cl)s1. The van der Waals surface area contributed by atoms with E-state index < -0.39 is 0 Å². The van der Waals surface area contributed by atoms with Crippen LogP contribution in [0.25, 0.3) is 0 Å². The Labute approximate surface area is 98.8 Å². The summed E-state index contributed by atoms with van der Waals surface area (Å²) in [6.45, 7) is 2.80. The minimum Gasteiger partial charge on any atom is -0.392 e. The molecule has 1 aliphatic heterocycles. The van der Waals surface area contributed by atoms with Gasteiger partial charge in [0, 0.05) is 23.8 Å². The van der Waals surface area contributed by atoms with Crippen molar-refractivity contribution in [1.29, 1.82) is 0 Å².